The van der Waals surface area contributed by atoms with Crippen molar-refractivity contribution in [1.82, 2.24) is 15.1 Å². The smallest absolute Gasteiger partial charge is 0.287 e. The third-order valence-electron chi connectivity index (χ3n) is 5.74. The Morgan fingerprint density at radius 1 is 1.24 bits per heavy atom. The lowest BCUT2D eigenvalue weighted by Gasteiger charge is -2.36. The number of nitrogens with one attached hydrogen (secondary N) is 1. The molecule has 2 saturated heterocycles. The number of piperidine rings is 1. The minimum Gasteiger partial charge on any atom is -0.459 e. The Balaban J connectivity index is 1.61. The van der Waals surface area contributed by atoms with Gasteiger partial charge in [0.1, 0.15) is 0 Å². The van der Waals surface area contributed by atoms with Crippen molar-refractivity contribution in [2.24, 2.45) is 11.8 Å². The van der Waals surface area contributed by atoms with E-state index in [2.05, 4.69) is 24.1 Å². The summed E-state index contributed by atoms with van der Waals surface area (Å²) in [6.07, 6.45) is 3.56. The molecule has 1 aromatic heterocycles. The van der Waals surface area contributed by atoms with Crippen LogP contribution in [0.25, 0.3) is 0 Å². The van der Waals surface area contributed by atoms with E-state index in [1.807, 2.05) is 4.90 Å². The van der Waals surface area contributed by atoms with Crippen molar-refractivity contribution in [2.45, 2.75) is 45.7 Å². The molecule has 0 aromatic carbocycles. The zero-order chi connectivity index (χ0) is 18.0. The first-order chi connectivity index (χ1) is 12.0. The van der Waals surface area contributed by atoms with Gasteiger partial charge in [0.15, 0.2) is 5.76 Å². The molecule has 0 saturated carbocycles. The van der Waals surface area contributed by atoms with Crippen LogP contribution in [0.4, 0.5) is 0 Å². The van der Waals surface area contributed by atoms with Crippen LogP contribution in [0.15, 0.2) is 22.8 Å². The van der Waals surface area contributed by atoms with Crippen LogP contribution in [0, 0.1) is 11.8 Å². The van der Waals surface area contributed by atoms with E-state index in [1.165, 1.54) is 6.26 Å². The average Bonchev–Trinajstić information content (AvgIpc) is 3.24. The van der Waals surface area contributed by atoms with E-state index in [-0.39, 0.29) is 17.9 Å². The summed E-state index contributed by atoms with van der Waals surface area (Å²) in [7, 11) is 0. The highest BCUT2D eigenvalue weighted by Crippen LogP contribution is 2.29. The molecule has 0 bridgehead atoms. The highest BCUT2D eigenvalue weighted by atomic mass is 16.3. The maximum absolute atomic E-state index is 12.4. The zero-order valence-corrected chi connectivity index (χ0v) is 15.4. The lowest BCUT2D eigenvalue weighted by atomic mass is 9.91. The number of carbonyl (C=O) groups is 2. The fraction of sp³-hybridized carbons (Fsp3) is 0.684. The minimum atomic E-state index is -0.131. The van der Waals surface area contributed by atoms with Crippen molar-refractivity contribution < 1.29 is 14.0 Å². The van der Waals surface area contributed by atoms with Crippen molar-refractivity contribution in [1.29, 1.82) is 0 Å². The molecule has 138 valence electrons. The Labute approximate surface area is 149 Å². The van der Waals surface area contributed by atoms with Crippen LogP contribution in [-0.2, 0) is 4.79 Å². The van der Waals surface area contributed by atoms with Crippen molar-refractivity contribution in [3.63, 3.8) is 0 Å². The largest absolute Gasteiger partial charge is 0.459 e. The van der Waals surface area contributed by atoms with Gasteiger partial charge < -0.3 is 14.6 Å². The van der Waals surface area contributed by atoms with Crippen LogP contribution in [0.5, 0.6) is 0 Å². The highest BCUT2D eigenvalue weighted by Gasteiger charge is 2.39. The topological polar surface area (TPSA) is 65.8 Å². The molecule has 25 heavy (non-hydrogen) atoms. The van der Waals surface area contributed by atoms with E-state index in [0.717, 1.165) is 39.0 Å². The maximum Gasteiger partial charge on any atom is 0.287 e. The summed E-state index contributed by atoms with van der Waals surface area (Å²) in [4.78, 5) is 28.3. The fourth-order valence-corrected chi connectivity index (χ4v) is 4.18. The van der Waals surface area contributed by atoms with Crippen LogP contribution >= 0.6 is 0 Å². The van der Waals surface area contributed by atoms with Crippen molar-refractivity contribution in [3.05, 3.63) is 24.2 Å². The number of hydrogen-bond acceptors (Lipinski definition) is 4. The first kappa shape index (κ1) is 18.0. The Bertz CT molecular complexity index is 591. The molecule has 2 amide bonds. The average molecular weight is 347 g/mol. The van der Waals surface area contributed by atoms with Gasteiger partial charge in [0, 0.05) is 45.2 Å². The number of rotatable bonds is 4. The van der Waals surface area contributed by atoms with Gasteiger partial charge in [-0.2, -0.15) is 0 Å². The minimum absolute atomic E-state index is 0.131. The number of hydrogen-bond donors (Lipinski definition) is 1. The van der Waals surface area contributed by atoms with Gasteiger partial charge in [-0.1, -0.05) is 13.8 Å². The summed E-state index contributed by atoms with van der Waals surface area (Å²) in [6, 6.07) is 4.08. The van der Waals surface area contributed by atoms with Gasteiger partial charge >= 0.3 is 0 Å². The molecule has 1 N–H and O–H groups in total. The van der Waals surface area contributed by atoms with Gasteiger partial charge in [0.25, 0.3) is 5.91 Å². The summed E-state index contributed by atoms with van der Waals surface area (Å²) in [5.41, 5.74) is 0. The molecule has 2 atom stereocenters. The molecular weight excluding hydrogens is 318 g/mol. The zero-order valence-electron chi connectivity index (χ0n) is 15.4. The molecule has 0 aliphatic carbocycles. The SMILES string of the molecule is CC(=O)N1CCC(N2C[C@H](NC(=O)c3ccco3)[C@@H](C(C)C)C2)CC1. The Morgan fingerprint density at radius 3 is 2.52 bits per heavy atom. The summed E-state index contributed by atoms with van der Waals surface area (Å²) in [5, 5.41) is 3.17. The van der Waals surface area contributed by atoms with E-state index in [4.69, 9.17) is 4.42 Å². The number of carbonyl (C=O) groups excluding carboxylic acids is 2. The van der Waals surface area contributed by atoms with Gasteiger partial charge in [-0.05, 0) is 36.8 Å². The van der Waals surface area contributed by atoms with E-state index < -0.39 is 0 Å². The Kier molecular flexibility index (Phi) is 5.47. The predicted octanol–water partition coefficient (Wildman–Crippen LogP) is 1.98. The third kappa shape index (κ3) is 4.06. The standard InChI is InChI=1S/C19H29N3O3/c1-13(2)16-11-22(15-6-8-21(9-7-15)14(3)23)12-17(16)20-19(24)18-5-4-10-25-18/h4-5,10,13,15-17H,6-9,11-12H2,1-3H3,(H,20,24)/t16-,17+/m1/s1. The molecule has 1 aromatic rings. The molecule has 0 spiro atoms. The lowest BCUT2D eigenvalue weighted by molar-refractivity contribution is -0.130. The molecule has 2 aliphatic heterocycles. The van der Waals surface area contributed by atoms with E-state index in [9.17, 15) is 9.59 Å². The third-order valence-corrected chi connectivity index (χ3v) is 5.74. The van der Waals surface area contributed by atoms with Crippen LogP contribution < -0.4 is 5.32 Å². The molecule has 0 radical (unpaired) electrons. The van der Waals surface area contributed by atoms with Crippen molar-refractivity contribution in [2.75, 3.05) is 26.2 Å². The van der Waals surface area contributed by atoms with E-state index >= 15 is 0 Å². The van der Waals surface area contributed by atoms with Gasteiger partial charge in [-0.15, -0.1) is 0 Å². The Hall–Kier alpha value is -1.82. The second-order valence-corrected chi connectivity index (χ2v) is 7.66. The first-order valence-electron chi connectivity index (χ1n) is 9.29. The summed E-state index contributed by atoms with van der Waals surface area (Å²) in [5.74, 6) is 1.35. The molecule has 2 fully saturated rings. The summed E-state index contributed by atoms with van der Waals surface area (Å²) in [6.45, 7) is 9.65. The van der Waals surface area contributed by atoms with Crippen LogP contribution in [0.1, 0.15) is 44.2 Å². The van der Waals surface area contributed by atoms with Gasteiger partial charge in [0.2, 0.25) is 5.91 Å². The molecule has 2 aliphatic rings. The number of likely N-dealkylation sites (tertiary alicyclic amines) is 2. The molecule has 3 rings (SSSR count). The number of furan rings is 1. The maximum atomic E-state index is 12.4. The Morgan fingerprint density at radius 2 is 1.96 bits per heavy atom. The van der Waals surface area contributed by atoms with Crippen LogP contribution in [0.3, 0.4) is 0 Å². The molecular formula is C19H29N3O3. The quantitative estimate of drug-likeness (QED) is 0.904. The van der Waals surface area contributed by atoms with Crippen LogP contribution in [-0.4, -0.2) is 59.9 Å². The molecule has 3 heterocycles. The first-order valence-corrected chi connectivity index (χ1v) is 9.29. The van der Waals surface area contributed by atoms with E-state index in [0.29, 0.717) is 23.6 Å². The summed E-state index contributed by atoms with van der Waals surface area (Å²) < 4.78 is 5.22. The number of amides is 2. The number of nitrogens with zero attached hydrogens (tertiary/aromatic N) is 2. The van der Waals surface area contributed by atoms with Crippen molar-refractivity contribution in [3.8, 4) is 0 Å². The molecule has 0 unspecified atom stereocenters. The normalized spacial score (nSPS) is 25.5. The fourth-order valence-electron chi connectivity index (χ4n) is 4.18. The predicted molar refractivity (Wildman–Crippen MR) is 95.1 cm³/mol. The molecule has 6 nitrogen and oxygen atoms in total. The van der Waals surface area contributed by atoms with Crippen molar-refractivity contribution >= 4 is 11.8 Å². The van der Waals surface area contributed by atoms with Gasteiger partial charge in [-0.25, -0.2) is 0 Å². The second kappa shape index (κ2) is 7.60. The molecule has 6 heteroatoms. The van der Waals surface area contributed by atoms with Gasteiger partial charge in [-0.3, -0.25) is 14.5 Å². The summed E-state index contributed by atoms with van der Waals surface area (Å²) >= 11 is 0. The second-order valence-electron chi connectivity index (χ2n) is 7.66. The monoisotopic (exact) mass is 347 g/mol. The van der Waals surface area contributed by atoms with Crippen LogP contribution in [0.2, 0.25) is 0 Å². The lowest BCUT2D eigenvalue weighted by Crippen LogP contribution is -2.46. The highest BCUT2D eigenvalue weighted by molar-refractivity contribution is 5.91. The van der Waals surface area contributed by atoms with E-state index in [1.54, 1.807) is 19.1 Å². The van der Waals surface area contributed by atoms with Gasteiger partial charge in [0.05, 0.1) is 6.26 Å².